The van der Waals surface area contributed by atoms with E-state index in [1.807, 2.05) is 4.68 Å². The Bertz CT molecular complexity index is 332. The van der Waals surface area contributed by atoms with E-state index in [-0.39, 0.29) is 0 Å². The van der Waals surface area contributed by atoms with Crippen LogP contribution in [0.1, 0.15) is 45.0 Å². The molecule has 0 aliphatic heterocycles. The second-order valence-electron chi connectivity index (χ2n) is 5.08. The van der Waals surface area contributed by atoms with Crippen molar-refractivity contribution in [2.24, 2.45) is 5.92 Å². The van der Waals surface area contributed by atoms with E-state index in [0.717, 1.165) is 18.2 Å². The van der Waals surface area contributed by atoms with Gasteiger partial charge in [-0.25, -0.2) is 9.67 Å². The third-order valence-corrected chi connectivity index (χ3v) is 3.56. The molecule has 1 saturated carbocycles. The summed E-state index contributed by atoms with van der Waals surface area (Å²) in [6, 6.07) is 1.12. The van der Waals surface area contributed by atoms with Crippen LogP contribution in [0.25, 0.3) is 0 Å². The van der Waals surface area contributed by atoms with E-state index in [2.05, 4.69) is 36.3 Å². The maximum Gasteiger partial charge on any atom is 0.138 e. The van der Waals surface area contributed by atoms with Crippen LogP contribution in [-0.2, 0) is 6.42 Å². The standard InChI is InChI=1S/C12H22N4/c1-9(2)16-12(14-8-15-16)7-10-4-5-11(6-10)13-3/h8-11,13H,4-7H2,1-3H3. The van der Waals surface area contributed by atoms with Gasteiger partial charge in [-0.15, -0.1) is 0 Å². The minimum atomic E-state index is 0.416. The van der Waals surface area contributed by atoms with Gasteiger partial charge in [0.25, 0.3) is 0 Å². The monoisotopic (exact) mass is 222 g/mol. The van der Waals surface area contributed by atoms with Crippen LogP contribution in [0.3, 0.4) is 0 Å². The lowest BCUT2D eigenvalue weighted by Gasteiger charge is -2.13. The number of aromatic nitrogens is 3. The van der Waals surface area contributed by atoms with E-state index >= 15 is 0 Å². The van der Waals surface area contributed by atoms with Gasteiger partial charge in [0.1, 0.15) is 12.2 Å². The summed E-state index contributed by atoms with van der Waals surface area (Å²) in [7, 11) is 2.06. The van der Waals surface area contributed by atoms with Crippen LogP contribution in [0.4, 0.5) is 0 Å². The highest BCUT2D eigenvalue weighted by Gasteiger charge is 2.25. The molecule has 1 aromatic heterocycles. The lowest BCUT2D eigenvalue weighted by molar-refractivity contribution is 0.451. The average molecular weight is 222 g/mol. The summed E-state index contributed by atoms with van der Waals surface area (Å²) in [5.41, 5.74) is 0. The van der Waals surface area contributed by atoms with Crippen LogP contribution < -0.4 is 5.32 Å². The first kappa shape index (κ1) is 11.6. The van der Waals surface area contributed by atoms with Gasteiger partial charge < -0.3 is 5.32 Å². The Morgan fingerprint density at radius 2 is 2.31 bits per heavy atom. The maximum atomic E-state index is 4.38. The normalized spacial score (nSPS) is 25.5. The van der Waals surface area contributed by atoms with Crippen molar-refractivity contribution in [3.63, 3.8) is 0 Å². The van der Waals surface area contributed by atoms with Crippen molar-refractivity contribution in [1.29, 1.82) is 0 Å². The number of rotatable bonds is 4. The summed E-state index contributed by atoms with van der Waals surface area (Å²) in [5, 5.41) is 7.65. The summed E-state index contributed by atoms with van der Waals surface area (Å²) in [4.78, 5) is 4.38. The zero-order valence-electron chi connectivity index (χ0n) is 10.5. The Hall–Kier alpha value is -0.900. The van der Waals surface area contributed by atoms with Crippen LogP contribution >= 0.6 is 0 Å². The first-order valence-electron chi connectivity index (χ1n) is 6.26. The quantitative estimate of drug-likeness (QED) is 0.844. The molecule has 2 rings (SSSR count). The zero-order valence-corrected chi connectivity index (χ0v) is 10.5. The molecule has 16 heavy (non-hydrogen) atoms. The fraction of sp³-hybridized carbons (Fsp3) is 0.833. The van der Waals surface area contributed by atoms with Crippen LogP contribution in [-0.4, -0.2) is 27.9 Å². The Morgan fingerprint density at radius 1 is 1.50 bits per heavy atom. The molecule has 0 aromatic carbocycles. The van der Waals surface area contributed by atoms with E-state index in [0.29, 0.717) is 12.1 Å². The predicted octanol–water partition coefficient (Wildman–Crippen LogP) is 1.79. The van der Waals surface area contributed by atoms with Crippen LogP contribution in [0.2, 0.25) is 0 Å². The van der Waals surface area contributed by atoms with Crippen molar-refractivity contribution >= 4 is 0 Å². The number of nitrogens with one attached hydrogen (secondary N) is 1. The largest absolute Gasteiger partial charge is 0.317 e. The van der Waals surface area contributed by atoms with Crippen molar-refractivity contribution < 1.29 is 0 Å². The summed E-state index contributed by atoms with van der Waals surface area (Å²) in [6.07, 6.45) is 6.66. The van der Waals surface area contributed by atoms with E-state index < -0.39 is 0 Å². The Balaban J connectivity index is 1.96. The molecular formula is C12H22N4. The second kappa shape index (κ2) is 4.95. The molecule has 1 fully saturated rings. The third-order valence-electron chi connectivity index (χ3n) is 3.56. The average Bonchev–Trinajstić information content (AvgIpc) is 2.87. The fourth-order valence-corrected chi connectivity index (χ4v) is 2.63. The molecule has 0 spiro atoms. The highest BCUT2D eigenvalue weighted by molar-refractivity contribution is 4.92. The molecule has 4 heteroatoms. The fourth-order valence-electron chi connectivity index (χ4n) is 2.63. The molecule has 0 bridgehead atoms. The topological polar surface area (TPSA) is 42.7 Å². The minimum absolute atomic E-state index is 0.416. The van der Waals surface area contributed by atoms with Crippen LogP contribution in [0.5, 0.6) is 0 Å². The predicted molar refractivity (Wildman–Crippen MR) is 64.3 cm³/mol. The van der Waals surface area contributed by atoms with Gasteiger partial charge in [0.15, 0.2) is 0 Å². The Labute approximate surface area is 97.5 Å². The highest BCUT2D eigenvalue weighted by atomic mass is 15.3. The van der Waals surface area contributed by atoms with Gasteiger partial charge in [-0.2, -0.15) is 5.10 Å². The molecule has 4 nitrogen and oxygen atoms in total. The SMILES string of the molecule is CNC1CCC(Cc2ncnn2C(C)C)C1. The Kier molecular flexibility index (Phi) is 3.59. The maximum absolute atomic E-state index is 4.38. The van der Waals surface area contributed by atoms with E-state index in [1.165, 1.54) is 19.3 Å². The molecule has 0 amide bonds. The molecule has 1 aromatic rings. The Morgan fingerprint density at radius 3 is 2.94 bits per heavy atom. The van der Waals surface area contributed by atoms with E-state index in [4.69, 9.17) is 0 Å². The highest BCUT2D eigenvalue weighted by Crippen LogP contribution is 2.28. The summed E-state index contributed by atoms with van der Waals surface area (Å²) in [5.74, 6) is 1.93. The molecule has 2 unspecified atom stereocenters. The molecule has 1 N–H and O–H groups in total. The summed E-state index contributed by atoms with van der Waals surface area (Å²) in [6.45, 7) is 4.31. The van der Waals surface area contributed by atoms with Gasteiger partial charge in [-0.1, -0.05) is 0 Å². The van der Waals surface area contributed by atoms with Crippen LogP contribution in [0.15, 0.2) is 6.33 Å². The van der Waals surface area contributed by atoms with Gasteiger partial charge in [0, 0.05) is 18.5 Å². The molecular weight excluding hydrogens is 200 g/mol. The molecule has 1 heterocycles. The smallest absolute Gasteiger partial charge is 0.138 e. The number of hydrogen-bond acceptors (Lipinski definition) is 3. The molecule has 0 saturated heterocycles. The van der Waals surface area contributed by atoms with Crippen molar-refractivity contribution in [3.05, 3.63) is 12.2 Å². The van der Waals surface area contributed by atoms with Crippen molar-refractivity contribution in [2.45, 2.75) is 51.6 Å². The third kappa shape index (κ3) is 2.43. The second-order valence-corrected chi connectivity index (χ2v) is 5.08. The molecule has 1 aliphatic rings. The number of hydrogen-bond donors (Lipinski definition) is 1. The number of nitrogens with zero attached hydrogens (tertiary/aromatic N) is 3. The van der Waals surface area contributed by atoms with Crippen molar-refractivity contribution in [3.8, 4) is 0 Å². The summed E-state index contributed by atoms with van der Waals surface area (Å²) < 4.78 is 2.05. The van der Waals surface area contributed by atoms with Gasteiger partial charge in [-0.3, -0.25) is 0 Å². The van der Waals surface area contributed by atoms with Gasteiger partial charge in [-0.05, 0) is 46.1 Å². The van der Waals surface area contributed by atoms with Gasteiger partial charge >= 0.3 is 0 Å². The zero-order chi connectivity index (χ0) is 11.5. The molecule has 90 valence electrons. The summed E-state index contributed by atoms with van der Waals surface area (Å²) >= 11 is 0. The first-order chi connectivity index (χ1) is 7.70. The lowest BCUT2D eigenvalue weighted by Crippen LogP contribution is -2.21. The lowest BCUT2D eigenvalue weighted by atomic mass is 10.0. The van der Waals surface area contributed by atoms with Gasteiger partial charge in [0.2, 0.25) is 0 Å². The van der Waals surface area contributed by atoms with E-state index in [1.54, 1.807) is 6.33 Å². The minimum Gasteiger partial charge on any atom is -0.317 e. The van der Waals surface area contributed by atoms with E-state index in [9.17, 15) is 0 Å². The van der Waals surface area contributed by atoms with Gasteiger partial charge in [0.05, 0.1) is 0 Å². The van der Waals surface area contributed by atoms with Crippen molar-refractivity contribution in [2.75, 3.05) is 7.05 Å². The van der Waals surface area contributed by atoms with Crippen LogP contribution in [0, 0.1) is 5.92 Å². The first-order valence-corrected chi connectivity index (χ1v) is 6.26. The molecule has 2 atom stereocenters. The molecule has 0 radical (unpaired) electrons. The molecule has 1 aliphatic carbocycles. The van der Waals surface area contributed by atoms with Crippen molar-refractivity contribution in [1.82, 2.24) is 20.1 Å².